The summed E-state index contributed by atoms with van der Waals surface area (Å²) in [6.07, 6.45) is 1.05. The topological polar surface area (TPSA) is 106 Å². The van der Waals surface area contributed by atoms with Crippen molar-refractivity contribution in [3.05, 3.63) is 27.7 Å². The fraction of sp³-hybridized carbons (Fsp3) is 0.636. The maximum absolute atomic E-state index is 12.8. The Morgan fingerprint density at radius 1 is 1.23 bits per heavy atom. The van der Waals surface area contributed by atoms with Crippen molar-refractivity contribution >= 4 is 45.3 Å². The number of hydrogen-bond acceptors (Lipinski definition) is 8. The van der Waals surface area contributed by atoms with Crippen LogP contribution in [0.5, 0.6) is 5.75 Å². The SMILES string of the molecule is CC(C)CCC1C(=O)N(COC(=O)c2c(Cl)ccc(OCCN3CCOCC3)c2Cl)S(=O)(=O)N1C. The van der Waals surface area contributed by atoms with Crippen LogP contribution in [0.4, 0.5) is 0 Å². The van der Waals surface area contributed by atoms with E-state index in [2.05, 4.69) is 4.90 Å². The van der Waals surface area contributed by atoms with Gasteiger partial charge in [-0.2, -0.15) is 17.0 Å². The molecule has 2 aliphatic heterocycles. The van der Waals surface area contributed by atoms with Crippen molar-refractivity contribution in [2.24, 2.45) is 5.92 Å². The molecule has 10 nitrogen and oxygen atoms in total. The predicted molar refractivity (Wildman–Crippen MR) is 131 cm³/mol. The first-order chi connectivity index (χ1) is 16.5. The molecule has 35 heavy (non-hydrogen) atoms. The smallest absolute Gasteiger partial charge is 0.343 e. The van der Waals surface area contributed by atoms with Crippen LogP contribution in [0.15, 0.2) is 12.1 Å². The van der Waals surface area contributed by atoms with Gasteiger partial charge in [0, 0.05) is 26.7 Å². The zero-order valence-electron chi connectivity index (χ0n) is 20.0. The molecular formula is C22H31Cl2N3O7S. The Kier molecular flexibility index (Phi) is 9.64. The molecule has 1 aromatic rings. The summed E-state index contributed by atoms with van der Waals surface area (Å²) in [7, 11) is -2.77. The lowest BCUT2D eigenvalue weighted by Crippen LogP contribution is -2.38. The number of ether oxygens (including phenoxy) is 3. The predicted octanol–water partition coefficient (Wildman–Crippen LogP) is 2.64. The molecule has 0 spiro atoms. The number of morpholine rings is 1. The Hall–Kier alpha value is -1.63. The van der Waals surface area contributed by atoms with Crippen LogP contribution in [-0.4, -0.2) is 93.1 Å². The Balaban J connectivity index is 1.64. The number of carbonyl (C=O) groups excluding carboxylic acids is 2. The van der Waals surface area contributed by atoms with Gasteiger partial charge in [0.25, 0.3) is 5.91 Å². The van der Waals surface area contributed by atoms with Crippen molar-refractivity contribution in [1.29, 1.82) is 0 Å². The molecule has 2 heterocycles. The molecule has 2 saturated heterocycles. The third-order valence-corrected chi connectivity index (χ3v) is 8.49. The molecular weight excluding hydrogens is 521 g/mol. The monoisotopic (exact) mass is 551 g/mol. The Morgan fingerprint density at radius 3 is 2.57 bits per heavy atom. The zero-order chi connectivity index (χ0) is 25.8. The first-order valence-electron chi connectivity index (χ1n) is 11.4. The highest BCUT2D eigenvalue weighted by molar-refractivity contribution is 7.87. The molecule has 1 unspecified atom stereocenters. The number of halogens is 2. The first kappa shape index (κ1) is 27.9. The van der Waals surface area contributed by atoms with Crippen molar-refractivity contribution in [3.8, 4) is 5.75 Å². The molecule has 0 aliphatic carbocycles. The number of benzene rings is 1. The molecule has 196 valence electrons. The average molecular weight is 552 g/mol. The van der Waals surface area contributed by atoms with E-state index in [4.69, 9.17) is 37.4 Å². The summed E-state index contributed by atoms with van der Waals surface area (Å²) < 4.78 is 43.2. The summed E-state index contributed by atoms with van der Waals surface area (Å²) in [6.45, 7) is 7.13. The van der Waals surface area contributed by atoms with E-state index in [9.17, 15) is 18.0 Å². The summed E-state index contributed by atoms with van der Waals surface area (Å²) in [5, 5.41) is -0.0323. The number of amides is 1. The first-order valence-corrected chi connectivity index (χ1v) is 13.6. The number of rotatable bonds is 10. The van der Waals surface area contributed by atoms with Crippen LogP contribution in [0.25, 0.3) is 0 Å². The van der Waals surface area contributed by atoms with E-state index in [1.807, 2.05) is 13.8 Å². The fourth-order valence-electron chi connectivity index (χ4n) is 3.81. The van der Waals surface area contributed by atoms with E-state index in [1.165, 1.54) is 13.1 Å². The van der Waals surface area contributed by atoms with Crippen molar-refractivity contribution in [1.82, 2.24) is 13.5 Å². The van der Waals surface area contributed by atoms with Gasteiger partial charge in [0.2, 0.25) is 0 Å². The maximum Gasteiger partial charge on any atom is 0.343 e. The second-order valence-electron chi connectivity index (χ2n) is 8.80. The molecule has 0 aromatic heterocycles. The standard InChI is InChI=1S/C22H31Cl2N3O7S/c1-15(2)4-6-17-21(28)27(35(30,31)25(17)3)14-34-22(29)19-16(23)5-7-18(20(19)24)33-13-10-26-8-11-32-12-9-26/h5,7,15,17H,4,6,8-14H2,1-3H3. The van der Waals surface area contributed by atoms with E-state index in [0.29, 0.717) is 49.4 Å². The summed E-state index contributed by atoms with van der Waals surface area (Å²) >= 11 is 12.6. The van der Waals surface area contributed by atoms with Crippen molar-refractivity contribution in [2.75, 3.05) is 53.2 Å². The number of hydrogen-bond donors (Lipinski definition) is 0. The van der Waals surface area contributed by atoms with Crippen molar-refractivity contribution in [3.63, 3.8) is 0 Å². The van der Waals surface area contributed by atoms with Gasteiger partial charge in [0.15, 0.2) is 6.73 Å². The summed E-state index contributed by atoms with van der Waals surface area (Å²) in [5.41, 5.74) is -0.161. The molecule has 2 aliphatic rings. The van der Waals surface area contributed by atoms with Crippen LogP contribution < -0.4 is 4.74 Å². The third kappa shape index (κ3) is 6.58. The highest BCUT2D eigenvalue weighted by Gasteiger charge is 2.48. The van der Waals surface area contributed by atoms with Gasteiger partial charge in [-0.05, 0) is 30.9 Å². The minimum Gasteiger partial charge on any atom is -0.491 e. The number of esters is 1. The molecule has 1 aromatic carbocycles. The molecule has 0 radical (unpaired) electrons. The van der Waals surface area contributed by atoms with Gasteiger partial charge in [-0.3, -0.25) is 9.69 Å². The van der Waals surface area contributed by atoms with Crippen LogP contribution in [0.3, 0.4) is 0 Å². The Bertz CT molecular complexity index is 1030. The molecule has 1 atom stereocenters. The summed E-state index contributed by atoms with van der Waals surface area (Å²) in [6, 6.07) is 2.15. The van der Waals surface area contributed by atoms with Gasteiger partial charge in [0.1, 0.15) is 24.0 Å². The van der Waals surface area contributed by atoms with Gasteiger partial charge in [-0.1, -0.05) is 37.0 Å². The number of carbonyl (C=O) groups is 2. The van der Waals surface area contributed by atoms with Gasteiger partial charge in [-0.15, -0.1) is 0 Å². The van der Waals surface area contributed by atoms with Crippen molar-refractivity contribution in [2.45, 2.75) is 32.7 Å². The lowest BCUT2D eigenvalue weighted by atomic mass is 10.0. The summed E-state index contributed by atoms with van der Waals surface area (Å²) in [5.74, 6) is -1.05. The van der Waals surface area contributed by atoms with E-state index >= 15 is 0 Å². The quantitative estimate of drug-likeness (QED) is 0.408. The maximum atomic E-state index is 12.8. The fourth-order valence-corrected chi connectivity index (χ4v) is 5.75. The summed E-state index contributed by atoms with van der Waals surface area (Å²) in [4.78, 5) is 27.7. The number of nitrogens with zero attached hydrogens (tertiary/aromatic N) is 3. The van der Waals surface area contributed by atoms with Gasteiger partial charge in [0.05, 0.1) is 23.3 Å². The Labute approximate surface area is 216 Å². The van der Waals surface area contributed by atoms with Crippen LogP contribution in [0.1, 0.15) is 37.0 Å². The molecule has 2 fully saturated rings. The molecule has 1 amide bonds. The minimum atomic E-state index is -4.11. The van der Waals surface area contributed by atoms with Crippen molar-refractivity contribution < 1.29 is 32.2 Å². The van der Waals surface area contributed by atoms with Gasteiger partial charge in [-0.25, -0.2) is 4.79 Å². The van der Waals surface area contributed by atoms with Crippen LogP contribution in [0.2, 0.25) is 10.0 Å². The molecule has 0 bridgehead atoms. The highest BCUT2D eigenvalue weighted by atomic mass is 35.5. The van der Waals surface area contributed by atoms with Crippen LogP contribution >= 0.6 is 23.2 Å². The highest BCUT2D eigenvalue weighted by Crippen LogP contribution is 2.34. The second-order valence-corrected chi connectivity index (χ2v) is 11.5. The third-order valence-electron chi connectivity index (χ3n) is 5.97. The van der Waals surface area contributed by atoms with Gasteiger partial charge < -0.3 is 14.2 Å². The van der Waals surface area contributed by atoms with E-state index in [1.54, 1.807) is 6.07 Å². The van der Waals surface area contributed by atoms with E-state index in [0.717, 1.165) is 17.4 Å². The van der Waals surface area contributed by atoms with Crippen LogP contribution in [0, 0.1) is 5.92 Å². The normalized spacial score (nSPS) is 21.0. The molecule has 13 heteroatoms. The molecule has 3 rings (SSSR count). The Morgan fingerprint density at radius 2 is 1.91 bits per heavy atom. The lowest BCUT2D eigenvalue weighted by molar-refractivity contribution is -0.130. The molecule has 0 saturated carbocycles. The largest absolute Gasteiger partial charge is 0.491 e. The molecule has 0 N–H and O–H groups in total. The average Bonchev–Trinajstić information content (AvgIpc) is 2.96. The van der Waals surface area contributed by atoms with Gasteiger partial charge >= 0.3 is 16.2 Å². The lowest BCUT2D eigenvalue weighted by Gasteiger charge is -2.26. The van der Waals surface area contributed by atoms with E-state index < -0.39 is 34.9 Å². The number of likely N-dealkylation sites (N-methyl/N-ethyl adjacent to an activating group) is 1. The zero-order valence-corrected chi connectivity index (χ0v) is 22.4. The minimum absolute atomic E-state index is 0.0167. The van der Waals surface area contributed by atoms with E-state index in [-0.39, 0.29) is 21.4 Å². The second kappa shape index (κ2) is 12.1. The van der Waals surface area contributed by atoms with Crippen LogP contribution in [-0.2, 0) is 24.5 Å².